The van der Waals surface area contributed by atoms with Crippen LogP contribution in [0, 0.1) is 11.8 Å². The van der Waals surface area contributed by atoms with Gasteiger partial charge in [-0.05, 0) is 39.8 Å². The SMILES string of the molecule is CC(=O)O[C@H]1C[C@](C)(O)[C@]23OC(C)(C)[C@H]([C@@H](C(C)=O)[C@@H](OC(=O)c4ccccc4)[C@]2(OC(C)=O)[C@H]1OC(C)=O)[C@H]3OC(C)=O. The molecule has 2 aliphatic carbocycles. The number of aliphatic hydroxyl groups is 1. The van der Waals surface area contributed by atoms with E-state index in [0.717, 1.165) is 27.7 Å². The Morgan fingerprint density at radius 3 is 1.80 bits per heavy atom. The summed E-state index contributed by atoms with van der Waals surface area (Å²) < 4.78 is 36.0. The van der Waals surface area contributed by atoms with Gasteiger partial charge in [-0.2, -0.15) is 0 Å². The summed E-state index contributed by atoms with van der Waals surface area (Å²) >= 11 is 0. The molecule has 2 bridgehead atoms. The predicted octanol–water partition coefficient (Wildman–Crippen LogP) is 1.85. The second kappa shape index (κ2) is 11.3. The second-order valence-electron chi connectivity index (χ2n) is 12.4. The van der Waals surface area contributed by atoms with Crippen LogP contribution in [0.5, 0.6) is 0 Å². The fourth-order valence-corrected chi connectivity index (χ4v) is 7.69. The third-order valence-corrected chi connectivity index (χ3v) is 8.76. The van der Waals surface area contributed by atoms with Crippen LogP contribution in [0.4, 0.5) is 0 Å². The van der Waals surface area contributed by atoms with E-state index in [-0.39, 0.29) is 5.56 Å². The summed E-state index contributed by atoms with van der Waals surface area (Å²) in [6.45, 7) is 9.96. The van der Waals surface area contributed by atoms with E-state index in [1.54, 1.807) is 32.0 Å². The van der Waals surface area contributed by atoms with Gasteiger partial charge in [-0.3, -0.25) is 24.0 Å². The van der Waals surface area contributed by atoms with Crippen LogP contribution >= 0.6 is 0 Å². The Morgan fingerprint density at radius 1 is 0.750 bits per heavy atom. The molecule has 1 spiro atoms. The first-order chi connectivity index (χ1) is 20.3. The molecule has 1 saturated heterocycles. The van der Waals surface area contributed by atoms with Gasteiger partial charge < -0.3 is 33.5 Å². The molecule has 1 heterocycles. The third kappa shape index (κ3) is 5.05. The number of carbonyl (C=O) groups excluding carboxylic acids is 6. The molecule has 0 unspecified atom stereocenters. The van der Waals surface area contributed by atoms with Gasteiger partial charge in [0.15, 0.2) is 17.8 Å². The summed E-state index contributed by atoms with van der Waals surface area (Å²) in [5.74, 6) is -7.60. The maximum atomic E-state index is 13.7. The molecule has 44 heavy (non-hydrogen) atoms. The van der Waals surface area contributed by atoms with Crippen molar-refractivity contribution in [3.8, 4) is 0 Å². The Hall–Kier alpha value is -3.84. The van der Waals surface area contributed by atoms with Crippen LogP contribution in [-0.4, -0.2) is 87.6 Å². The Bertz CT molecular complexity index is 1370. The van der Waals surface area contributed by atoms with Crippen molar-refractivity contribution in [1.82, 2.24) is 0 Å². The van der Waals surface area contributed by atoms with Crippen LogP contribution < -0.4 is 0 Å². The van der Waals surface area contributed by atoms with Crippen molar-refractivity contribution in [2.24, 2.45) is 11.8 Å². The molecule has 1 N–H and O–H groups in total. The summed E-state index contributed by atoms with van der Waals surface area (Å²) in [5.41, 5.74) is -8.49. The van der Waals surface area contributed by atoms with Gasteiger partial charge in [-0.15, -0.1) is 0 Å². The number of rotatable bonds is 7. The lowest BCUT2D eigenvalue weighted by Crippen LogP contribution is -2.88. The predicted molar refractivity (Wildman–Crippen MR) is 148 cm³/mol. The van der Waals surface area contributed by atoms with Crippen LogP contribution in [-0.2, 0) is 52.4 Å². The Labute approximate surface area is 254 Å². The van der Waals surface area contributed by atoms with E-state index in [4.69, 9.17) is 28.4 Å². The van der Waals surface area contributed by atoms with Gasteiger partial charge in [0.2, 0.25) is 5.60 Å². The summed E-state index contributed by atoms with van der Waals surface area (Å²) in [6, 6.07) is 7.76. The average molecular weight is 619 g/mol. The van der Waals surface area contributed by atoms with Crippen molar-refractivity contribution in [1.29, 1.82) is 0 Å². The zero-order valence-corrected chi connectivity index (χ0v) is 25.9. The zero-order chi connectivity index (χ0) is 33.0. The van der Waals surface area contributed by atoms with Crippen molar-refractivity contribution >= 4 is 35.6 Å². The number of fused-ring (bicyclic) bond motifs is 1. The number of hydrogen-bond acceptors (Lipinski definition) is 13. The number of carbonyl (C=O) groups is 6. The summed E-state index contributed by atoms with van der Waals surface area (Å²) in [6.07, 6.45) is -7.12. The van der Waals surface area contributed by atoms with Crippen LogP contribution in [0.15, 0.2) is 30.3 Å². The van der Waals surface area contributed by atoms with Gasteiger partial charge in [0.05, 0.1) is 17.1 Å². The fourth-order valence-electron chi connectivity index (χ4n) is 7.69. The molecular weight excluding hydrogens is 580 g/mol. The molecule has 0 amide bonds. The van der Waals surface area contributed by atoms with Crippen LogP contribution in [0.3, 0.4) is 0 Å². The lowest BCUT2D eigenvalue weighted by Gasteiger charge is -2.65. The molecule has 1 aliphatic heterocycles. The molecule has 4 rings (SSSR count). The number of ketones is 1. The van der Waals surface area contributed by atoms with E-state index >= 15 is 0 Å². The molecule has 3 fully saturated rings. The molecule has 1 aromatic carbocycles. The second-order valence-corrected chi connectivity index (χ2v) is 12.4. The number of hydrogen-bond donors (Lipinski definition) is 1. The summed E-state index contributed by atoms with van der Waals surface area (Å²) in [5, 5.41) is 12.4. The highest BCUT2D eigenvalue weighted by molar-refractivity contribution is 5.90. The van der Waals surface area contributed by atoms with E-state index in [2.05, 4.69) is 0 Å². The largest absolute Gasteiger partial charge is 0.459 e. The van der Waals surface area contributed by atoms with Gasteiger partial charge in [0.1, 0.15) is 23.6 Å². The Kier molecular flexibility index (Phi) is 8.46. The van der Waals surface area contributed by atoms with Crippen molar-refractivity contribution in [2.45, 2.75) is 109 Å². The standard InChI is InChI=1S/C31H38O13/c1-15(32)22-23-26(41-18(4)35)31(44-28(23,6)7)29(8,38)14-21(39-16(2)33)24(40-17(3)34)30(31,43-19(5)36)25(22)42-27(37)20-12-10-9-11-13-20/h9-13,21-26,38H,14H2,1-8H3/t21-,22+,23+,24-,25+,26+,29-,30+,31-/m0/s1. The minimum atomic E-state index is -2.61. The zero-order valence-electron chi connectivity index (χ0n) is 25.9. The highest BCUT2D eigenvalue weighted by Gasteiger charge is 2.90. The van der Waals surface area contributed by atoms with Crippen molar-refractivity contribution < 1.29 is 62.3 Å². The Morgan fingerprint density at radius 2 is 1.30 bits per heavy atom. The molecule has 3 aliphatic rings. The molecule has 13 nitrogen and oxygen atoms in total. The quantitative estimate of drug-likeness (QED) is 0.346. The molecule has 13 heteroatoms. The van der Waals surface area contributed by atoms with Crippen LogP contribution in [0.2, 0.25) is 0 Å². The maximum absolute atomic E-state index is 13.7. The lowest BCUT2D eigenvalue weighted by molar-refractivity contribution is -0.373. The van der Waals surface area contributed by atoms with Crippen molar-refractivity contribution in [3.05, 3.63) is 35.9 Å². The van der Waals surface area contributed by atoms with Crippen LogP contribution in [0.1, 0.15) is 72.2 Å². The lowest BCUT2D eigenvalue weighted by atomic mass is 9.48. The third-order valence-electron chi connectivity index (χ3n) is 8.76. The summed E-state index contributed by atoms with van der Waals surface area (Å²) in [4.78, 5) is 78.2. The normalized spacial score (nSPS) is 36.7. The van der Waals surface area contributed by atoms with E-state index < -0.39 is 101 Å². The first kappa shape index (κ1) is 33.1. The van der Waals surface area contributed by atoms with Gasteiger partial charge in [0, 0.05) is 40.0 Å². The van der Waals surface area contributed by atoms with Gasteiger partial charge in [0.25, 0.3) is 0 Å². The minimum Gasteiger partial charge on any atom is -0.459 e. The molecule has 2 saturated carbocycles. The first-order valence-corrected chi connectivity index (χ1v) is 14.2. The molecule has 0 aromatic heterocycles. The topological polar surface area (TPSA) is 178 Å². The van der Waals surface area contributed by atoms with E-state index in [1.807, 2.05) is 0 Å². The minimum absolute atomic E-state index is 0.0691. The fraction of sp³-hybridized carbons (Fsp3) is 0.613. The highest BCUT2D eigenvalue weighted by atomic mass is 16.7. The average Bonchev–Trinajstić information content (AvgIpc) is 3.07. The van der Waals surface area contributed by atoms with Crippen molar-refractivity contribution in [2.75, 3.05) is 0 Å². The van der Waals surface area contributed by atoms with Crippen molar-refractivity contribution in [3.63, 3.8) is 0 Å². The number of Topliss-reactive ketones (excluding diaryl/α,β-unsaturated/α-hetero) is 1. The number of esters is 5. The molecule has 240 valence electrons. The smallest absolute Gasteiger partial charge is 0.338 e. The first-order valence-electron chi connectivity index (χ1n) is 14.2. The van der Waals surface area contributed by atoms with Gasteiger partial charge in [-0.25, -0.2) is 4.79 Å². The Balaban J connectivity index is 2.18. The number of ether oxygens (including phenoxy) is 6. The number of benzene rings is 1. The molecule has 9 atom stereocenters. The molecule has 1 aromatic rings. The summed E-state index contributed by atoms with van der Waals surface area (Å²) in [7, 11) is 0. The van der Waals surface area contributed by atoms with E-state index in [0.29, 0.717) is 0 Å². The maximum Gasteiger partial charge on any atom is 0.338 e. The van der Waals surface area contributed by atoms with E-state index in [1.165, 1.54) is 26.0 Å². The van der Waals surface area contributed by atoms with E-state index in [9.17, 15) is 33.9 Å². The van der Waals surface area contributed by atoms with Gasteiger partial charge in [-0.1, -0.05) is 18.2 Å². The monoisotopic (exact) mass is 618 g/mol. The molecule has 0 radical (unpaired) electrons. The van der Waals surface area contributed by atoms with Gasteiger partial charge >= 0.3 is 29.8 Å². The molecular formula is C31H38O13. The highest BCUT2D eigenvalue weighted by Crippen LogP contribution is 2.68. The van der Waals surface area contributed by atoms with Crippen LogP contribution in [0.25, 0.3) is 0 Å².